The van der Waals surface area contributed by atoms with Crippen LogP contribution in [0.4, 0.5) is 13.2 Å². The zero-order chi connectivity index (χ0) is 20.3. The Hall–Kier alpha value is -2.41. The fourth-order valence-electron chi connectivity index (χ4n) is 3.55. The molecule has 0 saturated carbocycles. The van der Waals surface area contributed by atoms with Gasteiger partial charge in [-0.25, -0.2) is 0 Å². The lowest BCUT2D eigenvalue weighted by molar-refractivity contribution is -0.175. The number of carbonyl (C=O) groups excluding carboxylic acids is 1. The second kappa shape index (κ2) is 8.31. The van der Waals surface area contributed by atoms with Crippen LogP contribution in [0.2, 0.25) is 0 Å². The molecule has 150 valence electrons. The van der Waals surface area contributed by atoms with Gasteiger partial charge in [-0.05, 0) is 50.8 Å². The van der Waals surface area contributed by atoms with Crippen LogP contribution < -0.4 is 11.1 Å². The summed E-state index contributed by atoms with van der Waals surface area (Å²) in [5.41, 5.74) is 8.37. The molecule has 0 fully saturated rings. The third kappa shape index (κ3) is 4.52. The van der Waals surface area contributed by atoms with Crippen molar-refractivity contribution in [3.8, 4) is 0 Å². The van der Waals surface area contributed by atoms with Crippen LogP contribution >= 0.6 is 0 Å². The molecule has 0 saturated heterocycles. The molecule has 0 bridgehead atoms. The number of amides is 1. The third-order valence-corrected chi connectivity index (χ3v) is 5.17. The van der Waals surface area contributed by atoms with Gasteiger partial charge < -0.3 is 11.1 Å². The highest BCUT2D eigenvalue weighted by Gasteiger charge is 2.39. The zero-order valence-electron chi connectivity index (χ0n) is 15.7. The van der Waals surface area contributed by atoms with E-state index >= 15 is 0 Å². The minimum absolute atomic E-state index is 0.00522. The van der Waals surface area contributed by atoms with Gasteiger partial charge in [0.2, 0.25) is 0 Å². The Morgan fingerprint density at radius 1 is 1.39 bits per heavy atom. The highest BCUT2D eigenvalue weighted by molar-refractivity contribution is 5.99. The number of fused-ring (bicyclic) bond motifs is 1. The standard InChI is InChI=1S/C21H24F3N3O/c1-13(9-10-25)27-20(28)16-11-15-3-2-4-18(19(15)26-12-16)14-5-7-17(8-6-14)21(22,23)24/h2-5,11-13,17H,6-10,25H2,1H3,(H,27,28)/t13-,17-/m1/s1. The second-order valence-corrected chi connectivity index (χ2v) is 7.30. The lowest BCUT2D eigenvalue weighted by Crippen LogP contribution is -2.34. The Balaban J connectivity index is 1.85. The number of carbonyl (C=O) groups is 1. The molecule has 2 atom stereocenters. The van der Waals surface area contributed by atoms with Gasteiger partial charge in [0.25, 0.3) is 5.91 Å². The summed E-state index contributed by atoms with van der Waals surface area (Å²) < 4.78 is 38.7. The number of nitrogens with one attached hydrogen (secondary N) is 1. The average Bonchev–Trinajstić information content (AvgIpc) is 2.66. The molecule has 7 heteroatoms. The Labute approximate surface area is 162 Å². The SMILES string of the molecule is C[C@H](CCN)NC(=O)c1cnc2c(C3=CC[C@@H](C(F)(F)F)CC3)cccc2c1. The summed E-state index contributed by atoms with van der Waals surface area (Å²) in [6.07, 6.45) is 0.168. The number of nitrogens with two attached hydrogens (primary N) is 1. The van der Waals surface area contributed by atoms with Gasteiger partial charge in [-0.15, -0.1) is 0 Å². The molecule has 0 radical (unpaired) electrons. The number of hydrogen-bond acceptors (Lipinski definition) is 3. The van der Waals surface area contributed by atoms with Crippen molar-refractivity contribution >= 4 is 22.4 Å². The molecule has 3 rings (SSSR count). The first-order chi connectivity index (χ1) is 13.3. The van der Waals surface area contributed by atoms with E-state index in [-0.39, 0.29) is 24.8 Å². The van der Waals surface area contributed by atoms with E-state index in [9.17, 15) is 18.0 Å². The van der Waals surface area contributed by atoms with Gasteiger partial charge in [-0.3, -0.25) is 9.78 Å². The fraction of sp³-hybridized carbons (Fsp3) is 0.429. The van der Waals surface area contributed by atoms with Crippen molar-refractivity contribution in [2.24, 2.45) is 11.7 Å². The van der Waals surface area contributed by atoms with Gasteiger partial charge in [0.15, 0.2) is 0 Å². The molecule has 1 aliphatic rings. The topological polar surface area (TPSA) is 68.0 Å². The van der Waals surface area contributed by atoms with Crippen molar-refractivity contribution in [2.75, 3.05) is 6.54 Å². The number of nitrogens with zero attached hydrogens (tertiary/aromatic N) is 1. The first kappa shape index (κ1) is 20.3. The van der Waals surface area contributed by atoms with Crippen molar-refractivity contribution in [3.05, 3.63) is 47.7 Å². The minimum Gasteiger partial charge on any atom is -0.349 e. The van der Waals surface area contributed by atoms with Crippen LogP contribution in [0.25, 0.3) is 16.5 Å². The van der Waals surface area contributed by atoms with Gasteiger partial charge in [0.1, 0.15) is 0 Å². The van der Waals surface area contributed by atoms with Crippen molar-refractivity contribution in [2.45, 2.75) is 44.8 Å². The van der Waals surface area contributed by atoms with Crippen LogP contribution in [0.1, 0.15) is 48.5 Å². The predicted molar refractivity (Wildman–Crippen MR) is 104 cm³/mol. The molecular formula is C21H24F3N3O. The Bertz CT molecular complexity index is 892. The number of pyridine rings is 1. The zero-order valence-corrected chi connectivity index (χ0v) is 15.7. The number of allylic oxidation sites excluding steroid dienone is 2. The van der Waals surface area contributed by atoms with Crippen molar-refractivity contribution < 1.29 is 18.0 Å². The van der Waals surface area contributed by atoms with Gasteiger partial charge in [-0.1, -0.05) is 24.3 Å². The molecule has 1 amide bonds. The normalized spacial score (nSPS) is 18.6. The molecule has 1 heterocycles. The average molecular weight is 391 g/mol. The van der Waals surface area contributed by atoms with E-state index < -0.39 is 12.1 Å². The molecular weight excluding hydrogens is 367 g/mol. The number of alkyl halides is 3. The van der Waals surface area contributed by atoms with Crippen molar-refractivity contribution in [3.63, 3.8) is 0 Å². The number of para-hydroxylation sites is 1. The summed E-state index contributed by atoms with van der Waals surface area (Å²) in [4.78, 5) is 16.8. The summed E-state index contributed by atoms with van der Waals surface area (Å²) in [6.45, 7) is 2.38. The Morgan fingerprint density at radius 3 is 2.82 bits per heavy atom. The van der Waals surface area contributed by atoms with Crippen LogP contribution in [-0.4, -0.2) is 29.7 Å². The largest absolute Gasteiger partial charge is 0.392 e. The molecule has 0 spiro atoms. The van der Waals surface area contributed by atoms with E-state index in [4.69, 9.17) is 5.73 Å². The van der Waals surface area contributed by atoms with Gasteiger partial charge in [0, 0.05) is 23.2 Å². The highest BCUT2D eigenvalue weighted by atomic mass is 19.4. The summed E-state index contributed by atoms with van der Waals surface area (Å²) in [6, 6.07) is 7.30. The van der Waals surface area contributed by atoms with E-state index in [1.54, 1.807) is 12.1 Å². The maximum absolute atomic E-state index is 12.9. The van der Waals surface area contributed by atoms with Crippen molar-refractivity contribution in [1.29, 1.82) is 0 Å². The first-order valence-electron chi connectivity index (χ1n) is 9.45. The van der Waals surface area contributed by atoms with E-state index in [2.05, 4.69) is 10.3 Å². The smallest absolute Gasteiger partial charge is 0.349 e. The second-order valence-electron chi connectivity index (χ2n) is 7.30. The fourth-order valence-corrected chi connectivity index (χ4v) is 3.55. The lowest BCUT2D eigenvalue weighted by atomic mass is 9.85. The summed E-state index contributed by atoms with van der Waals surface area (Å²) >= 11 is 0. The first-order valence-corrected chi connectivity index (χ1v) is 9.45. The maximum atomic E-state index is 12.9. The Morgan fingerprint density at radius 2 is 2.18 bits per heavy atom. The quantitative estimate of drug-likeness (QED) is 0.791. The van der Waals surface area contributed by atoms with Crippen molar-refractivity contribution in [1.82, 2.24) is 10.3 Å². The van der Waals surface area contributed by atoms with Gasteiger partial charge in [0.05, 0.1) is 17.0 Å². The number of halogens is 3. The molecule has 1 aliphatic carbocycles. The summed E-state index contributed by atoms with van der Waals surface area (Å²) in [5, 5.41) is 3.67. The van der Waals surface area contributed by atoms with E-state index in [1.165, 1.54) is 6.20 Å². The number of aromatic nitrogens is 1. The Kier molecular flexibility index (Phi) is 6.03. The number of hydrogen-bond donors (Lipinski definition) is 2. The minimum atomic E-state index is -4.15. The molecule has 1 aromatic heterocycles. The molecule has 1 aromatic carbocycles. The van der Waals surface area contributed by atoms with Crippen LogP contribution in [0.3, 0.4) is 0 Å². The number of benzene rings is 1. The summed E-state index contributed by atoms with van der Waals surface area (Å²) in [7, 11) is 0. The molecule has 28 heavy (non-hydrogen) atoms. The van der Waals surface area contributed by atoms with Crippen LogP contribution in [-0.2, 0) is 0 Å². The van der Waals surface area contributed by atoms with E-state index in [0.29, 0.717) is 30.5 Å². The number of rotatable bonds is 5. The predicted octanol–water partition coefficient (Wildman–Crippen LogP) is 4.45. The molecule has 0 aliphatic heterocycles. The van der Waals surface area contributed by atoms with E-state index in [1.807, 2.05) is 25.1 Å². The van der Waals surface area contributed by atoms with Crippen LogP contribution in [0.15, 0.2) is 36.5 Å². The molecule has 0 unspecified atom stereocenters. The van der Waals surface area contributed by atoms with E-state index in [0.717, 1.165) is 16.5 Å². The van der Waals surface area contributed by atoms with Crippen LogP contribution in [0.5, 0.6) is 0 Å². The maximum Gasteiger partial charge on any atom is 0.392 e. The monoisotopic (exact) mass is 391 g/mol. The third-order valence-electron chi connectivity index (χ3n) is 5.17. The highest BCUT2D eigenvalue weighted by Crippen LogP contribution is 2.40. The lowest BCUT2D eigenvalue weighted by Gasteiger charge is -2.24. The van der Waals surface area contributed by atoms with Crippen LogP contribution in [0, 0.1) is 5.92 Å². The molecule has 4 nitrogen and oxygen atoms in total. The molecule has 3 N–H and O–H groups in total. The van der Waals surface area contributed by atoms with Gasteiger partial charge >= 0.3 is 6.18 Å². The van der Waals surface area contributed by atoms with Gasteiger partial charge in [-0.2, -0.15) is 13.2 Å². The molecule has 2 aromatic rings. The summed E-state index contributed by atoms with van der Waals surface area (Å²) in [5.74, 6) is -1.49.